The van der Waals surface area contributed by atoms with Crippen molar-refractivity contribution in [3.05, 3.63) is 40.0 Å². The van der Waals surface area contributed by atoms with Crippen molar-refractivity contribution in [1.82, 2.24) is 19.8 Å². The number of carbonyl (C=O) groups excluding carboxylic acids is 2. The third kappa shape index (κ3) is 6.90. The minimum atomic E-state index is -0.891. The minimum Gasteiger partial charge on any atom is -0.444 e. The minimum absolute atomic E-state index is 0.165. The number of rotatable bonds is 6. The third-order valence-electron chi connectivity index (χ3n) is 7.31. The summed E-state index contributed by atoms with van der Waals surface area (Å²) in [6, 6.07) is 3.99. The number of hydrogen-bond donors (Lipinski definition) is 1. The molecule has 2 aromatic heterocycles. The quantitative estimate of drug-likeness (QED) is 0.296. The monoisotopic (exact) mass is 592 g/mol. The summed E-state index contributed by atoms with van der Waals surface area (Å²) < 4.78 is 5.53. The van der Waals surface area contributed by atoms with E-state index < -0.39 is 11.0 Å². The molecule has 2 N–H and O–H groups in total. The van der Waals surface area contributed by atoms with Crippen LogP contribution >= 0.6 is 11.3 Å². The number of ketones is 1. The number of carbonyl (C=O) groups is 2. The summed E-state index contributed by atoms with van der Waals surface area (Å²) in [4.78, 5) is 46.6. The van der Waals surface area contributed by atoms with Gasteiger partial charge in [0.15, 0.2) is 5.78 Å². The molecule has 1 saturated heterocycles. The number of amides is 1. The van der Waals surface area contributed by atoms with Gasteiger partial charge < -0.3 is 25.2 Å². The number of anilines is 1. The molecular formula is C30H40N8O3S. The van der Waals surface area contributed by atoms with Crippen molar-refractivity contribution in [2.75, 3.05) is 45.2 Å². The van der Waals surface area contributed by atoms with E-state index in [9.17, 15) is 14.9 Å². The van der Waals surface area contributed by atoms with Gasteiger partial charge in [-0.2, -0.15) is 5.26 Å². The van der Waals surface area contributed by atoms with Gasteiger partial charge in [-0.3, -0.25) is 4.79 Å². The lowest BCUT2D eigenvalue weighted by atomic mass is 9.69. The molecular weight excluding hydrogens is 552 g/mol. The highest BCUT2D eigenvalue weighted by Crippen LogP contribution is 2.48. The zero-order valence-corrected chi connectivity index (χ0v) is 26.1. The van der Waals surface area contributed by atoms with Crippen LogP contribution in [0, 0.1) is 11.3 Å². The van der Waals surface area contributed by atoms with Crippen LogP contribution in [0.25, 0.3) is 5.70 Å². The number of aryl methyl sites for hydroxylation is 1. The van der Waals surface area contributed by atoms with Crippen LogP contribution in [0.3, 0.4) is 0 Å². The molecule has 1 fully saturated rings. The Bertz CT molecular complexity index is 1430. The number of thiophene rings is 1. The second-order valence-electron chi connectivity index (χ2n) is 12.1. The van der Waals surface area contributed by atoms with Crippen molar-refractivity contribution in [2.45, 2.75) is 64.4 Å². The molecule has 0 bridgehead atoms. The fourth-order valence-electron chi connectivity index (χ4n) is 5.22. The molecule has 0 radical (unpaired) electrons. The smallest absolute Gasteiger partial charge is 0.410 e. The number of aliphatic imine (C=N–C) groups is 1. The highest BCUT2D eigenvalue weighted by atomic mass is 32.1. The number of fused-ring (bicyclic) bond motifs is 1. The number of allylic oxidation sites excluding steroid dienone is 1. The van der Waals surface area contributed by atoms with Crippen LogP contribution in [0.15, 0.2) is 23.3 Å². The normalized spacial score (nSPS) is 19.7. The summed E-state index contributed by atoms with van der Waals surface area (Å²) in [5, 5.41) is 10.7. The predicted octanol–water partition coefficient (Wildman–Crippen LogP) is 4.24. The van der Waals surface area contributed by atoms with Crippen LogP contribution in [0.1, 0.15) is 68.7 Å². The van der Waals surface area contributed by atoms with E-state index in [2.05, 4.69) is 21.0 Å². The topological polar surface area (TPSA) is 141 Å². The van der Waals surface area contributed by atoms with Crippen LogP contribution in [0.2, 0.25) is 0 Å². The van der Waals surface area contributed by atoms with Crippen molar-refractivity contribution in [3.8, 4) is 6.07 Å². The molecule has 11 nitrogen and oxygen atoms in total. The van der Waals surface area contributed by atoms with E-state index in [0.29, 0.717) is 54.8 Å². The van der Waals surface area contributed by atoms with Crippen LogP contribution in [0.5, 0.6) is 0 Å². The van der Waals surface area contributed by atoms with Crippen molar-refractivity contribution >= 4 is 46.2 Å². The second kappa shape index (κ2) is 12.5. The summed E-state index contributed by atoms with van der Waals surface area (Å²) in [6.07, 6.45) is 7.40. The van der Waals surface area contributed by atoms with Gasteiger partial charge in [0, 0.05) is 57.4 Å². The predicted molar refractivity (Wildman–Crippen MR) is 165 cm³/mol. The average molecular weight is 593 g/mol. The Morgan fingerprint density at radius 3 is 2.69 bits per heavy atom. The maximum Gasteiger partial charge on any atom is 0.410 e. The van der Waals surface area contributed by atoms with Crippen molar-refractivity contribution in [1.29, 1.82) is 5.26 Å². The molecule has 0 saturated carbocycles. The van der Waals surface area contributed by atoms with E-state index in [1.54, 1.807) is 23.5 Å². The van der Waals surface area contributed by atoms with Gasteiger partial charge in [0.25, 0.3) is 0 Å². The van der Waals surface area contributed by atoms with Gasteiger partial charge in [-0.05, 0) is 65.0 Å². The molecule has 1 atom stereocenters. The molecule has 224 valence electrons. The van der Waals surface area contributed by atoms with E-state index in [-0.39, 0.29) is 17.6 Å². The lowest BCUT2D eigenvalue weighted by Crippen LogP contribution is -2.39. The van der Waals surface area contributed by atoms with E-state index in [1.807, 2.05) is 51.6 Å². The van der Waals surface area contributed by atoms with E-state index in [0.717, 1.165) is 29.7 Å². The maximum absolute atomic E-state index is 13.8. The SMILES string of the molecule is CN(C)/C=N/c1sc2c(c1C#N)[C@@](C)(C(=O)/C=C(\N)c1ccnc(N3CCCN(C(=O)OC(C)(C)C)CC3)n1)CCC2. The Hall–Kier alpha value is -3.98. The van der Waals surface area contributed by atoms with Crippen LogP contribution in [0.4, 0.5) is 15.7 Å². The Balaban J connectivity index is 1.54. The first-order valence-electron chi connectivity index (χ1n) is 14.2. The fraction of sp³-hybridized carbons (Fsp3) is 0.533. The molecule has 1 aliphatic carbocycles. The van der Waals surface area contributed by atoms with Crippen LogP contribution < -0.4 is 10.6 Å². The first kappa shape index (κ1) is 31.0. The van der Waals surface area contributed by atoms with Gasteiger partial charge in [0.05, 0.1) is 28.7 Å². The van der Waals surface area contributed by atoms with Gasteiger partial charge in [-0.1, -0.05) is 0 Å². The molecule has 12 heteroatoms. The number of ether oxygens (including phenoxy) is 1. The number of hydrogen-bond acceptors (Lipinski definition) is 10. The summed E-state index contributed by atoms with van der Waals surface area (Å²) in [7, 11) is 3.74. The number of nitriles is 1. The first-order chi connectivity index (χ1) is 19.8. The van der Waals surface area contributed by atoms with Gasteiger partial charge in [-0.15, -0.1) is 11.3 Å². The zero-order valence-electron chi connectivity index (χ0n) is 25.3. The standard InChI is InChI=1S/C30H40N8O3S/c1-29(2,3)41-28(40)38-14-8-13-37(15-16-38)27-33-12-10-22(35-27)21(32)17-24(39)30(4)11-7-9-23-25(30)20(18-31)26(42-23)34-19-36(5)6/h10,12,17,19H,7-9,11,13-16,32H2,1-6H3/b21-17-,34-19+/t30-/m1/s1. The fourth-order valence-corrected chi connectivity index (χ4v) is 6.48. The third-order valence-corrected chi connectivity index (χ3v) is 8.47. The highest BCUT2D eigenvalue weighted by Gasteiger charge is 2.42. The largest absolute Gasteiger partial charge is 0.444 e. The summed E-state index contributed by atoms with van der Waals surface area (Å²) in [5.41, 5.74) is 6.92. The summed E-state index contributed by atoms with van der Waals surface area (Å²) in [5.74, 6) is 0.322. The molecule has 0 spiro atoms. The molecule has 1 amide bonds. The lowest BCUT2D eigenvalue weighted by Gasteiger charge is -2.32. The molecule has 4 rings (SSSR count). The molecule has 0 unspecified atom stereocenters. The maximum atomic E-state index is 13.8. The molecule has 42 heavy (non-hydrogen) atoms. The van der Waals surface area contributed by atoms with Crippen LogP contribution in [-0.4, -0.2) is 83.9 Å². The van der Waals surface area contributed by atoms with Gasteiger partial charge in [0.1, 0.15) is 16.7 Å². The molecule has 0 aromatic carbocycles. The zero-order chi connectivity index (χ0) is 30.7. The number of aromatic nitrogens is 2. The Morgan fingerprint density at radius 1 is 1.24 bits per heavy atom. The summed E-state index contributed by atoms with van der Waals surface area (Å²) in [6.45, 7) is 9.72. The molecule has 2 aromatic rings. The molecule has 3 heterocycles. The van der Waals surface area contributed by atoms with Crippen LogP contribution in [-0.2, 0) is 21.4 Å². The van der Waals surface area contributed by atoms with Crippen molar-refractivity contribution < 1.29 is 14.3 Å². The van der Waals surface area contributed by atoms with Gasteiger partial charge in [-0.25, -0.2) is 19.8 Å². The highest BCUT2D eigenvalue weighted by molar-refractivity contribution is 7.16. The summed E-state index contributed by atoms with van der Waals surface area (Å²) >= 11 is 1.48. The van der Waals surface area contributed by atoms with E-state index >= 15 is 0 Å². The van der Waals surface area contributed by atoms with E-state index in [4.69, 9.17) is 10.5 Å². The number of nitrogens with two attached hydrogens (primary N) is 1. The van der Waals surface area contributed by atoms with Crippen molar-refractivity contribution in [2.24, 2.45) is 10.7 Å². The Labute approximate surface area is 251 Å². The van der Waals surface area contributed by atoms with Gasteiger partial charge in [0.2, 0.25) is 5.95 Å². The van der Waals surface area contributed by atoms with Crippen molar-refractivity contribution in [3.63, 3.8) is 0 Å². The van der Waals surface area contributed by atoms with Gasteiger partial charge >= 0.3 is 6.09 Å². The number of nitrogens with zero attached hydrogens (tertiary/aromatic N) is 7. The average Bonchev–Trinajstić information content (AvgIpc) is 3.11. The Kier molecular flexibility index (Phi) is 9.21. The lowest BCUT2D eigenvalue weighted by molar-refractivity contribution is -0.119. The molecule has 1 aliphatic heterocycles. The second-order valence-corrected chi connectivity index (χ2v) is 13.2. The first-order valence-corrected chi connectivity index (χ1v) is 15.0. The molecule has 2 aliphatic rings. The van der Waals surface area contributed by atoms with E-state index in [1.165, 1.54) is 17.4 Å². The Morgan fingerprint density at radius 2 is 2.00 bits per heavy atom.